The van der Waals surface area contributed by atoms with E-state index in [0.29, 0.717) is 5.33 Å². The summed E-state index contributed by atoms with van der Waals surface area (Å²) in [6.07, 6.45) is -0.927. The zero-order valence-corrected chi connectivity index (χ0v) is 12.3. The van der Waals surface area contributed by atoms with Crippen molar-refractivity contribution in [2.75, 3.05) is 0 Å². The average Bonchev–Trinajstić information content (AvgIpc) is 2.62. The average molecular weight is 310 g/mol. The Labute approximate surface area is 115 Å². The highest BCUT2D eigenvalue weighted by Crippen LogP contribution is 2.35. The van der Waals surface area contributed by atoms with E-state index >= 15 is 0 Å². The molecule has 18 heavy (non-hydrogen) atoms. The first kappa shape index (κ1) is 13.1. The Bertz CT molecular complexity index is 608. The fraction of sp³-hybridized carbons (Fsp3) is 0.357. The molecule has 0 aliphatic heterocycles. The third-order valence-electron chi connectivity index (χ3n) is 3.01. The van der Waals surface area contributed by atoms with Crippen LogP contribution in [-0.4, -0.2) is 15.8 Å². The number of alkyl halides is 1. The van der Waals surface area contributed by atoms with Gasteiger partial charge in [0.2, 0.25) is 0 Å². The largest absolute Gasteiger partial charge is 0.464 e. The minimum Gasteiger partial charge on any atom is -0.464 e. The second-order valence-corrected chi connectivity index (χ2v) is 5.91. The van der Waals surface area contributed by atoms with E-state index < -0.39 is 6.09 Å². The highest BCUT2D eigenvalue weighted by Gasteiger charge is 2.28. The number of fused-ring (bicyclic) bond motifs is 1. The van der Waals surface area contributed by atoms with Crippen LogP contribution in [0.15, 0.2) is 24.3 Å². The summed E-state index contributed by atoms with van der Waals surface area (Å²) in [5.41, 5.74) is 2.44. The number of para-hydroxylation sites is 1. The molecule has 0 bridgehead atoms. The lowest BCUT2D eigenvalue weighted by Crippen LogP contribution is -2.22. The number of benzene rings is 1. The third kappa shape index (κ3) is 1.94. The number of hydrogen-bond acceptors (Lipinski definition) is 1. The van der Waals surface area contributed by atoms with E-state index in [9.17, 15) is 9.90 Å². The van der Waals surface area contributed by atoms with Crippen LogP contribution in [0.3, 0.4) is 0 Å². The summed E-state index contributed by atoms with van der Waals surface area (Å²) in [4.78, 5) is 11.6. The van der Waals surface area contributed by atoms with Crippen LogP contribution in [-0.2, 0) is 10.7 Å². The molecule has 0 fully saturated rings. The van der Waals surface area contributed by atoms with E-state index in [-0.39, 0.29) is 5.41 Å². The van der Waals surface area contributed by atoms with Crippen LogP contribution in [0.1, 0.15) is 32.0 Å². The molecule has 0 aliphatic rings. The summed E-state index contributed by atoms with van der Waals surface area (Å²) in [6, 6.07) is 7.63. The molecule has 0 saturated carbocycles. The van der Waals surface area contributed by atoms with Crippen LogP contribution in [0.5, 0.6) is 0 Å². The first-order valence-corrected chi connectivity index (χ1v) is 6.92. The van der Waals surface area contributed by atoms with Crippen LogP contribution in [0.2, 0.25) is 0 Å². The smallest absolute Gasteiger partial charge is 0.416 e. The molecule has 96 valence electrons. The van der Waals surface area contributed by atoms with Crippen LogP contribution in [0, 0.1) is 0 Å². The minimum absolute atomic E-state index is 0.222. The predicted molar refractivity (Wildman–Crippen MR) is 76.7 cm³/mol. The van der Waals surface area contributed by atoms with E-state index in [0.717, 1.165) is 22.2 Å². The van der Waals surface area contributed by atoms with Crippen molar-refractivity contribution in [2.24, 2.45) is 0 Å². The highest BCUT2D eigenvalue weighted by molar-refractivity contribution is 9.08. The van der Waals surface area contributed by atoms with Gasteiger partial charge < -0.3 is 5.11 Å². The van der Waals surface area contributed by atoms with Crippen molar-refractivity contribution in [1.29, 1.82) is 0 Å². The summed E-state index contributed by atoms with van der Waals surface area (Å²) in [5.74, 6) is 0. The third-order valence-corrected chi connectivity index (χ3v) is 3.58. The summed E-state index contributed by atoms with van der Waals surface area (Å²) in [7, 11) is 0. The molecule has 0 unspecified atom stereocenters. The maximum atomic E-state index is 11.6. The molecule has 1 heterocycles. The van der Waals surface area contributed by atoms with Crippen molar-refractivity contribution >= 4 is 32.9 Å². The molecular weight excluding hydrogens is 294 g/mol. The van der Waals surface area contributed by atoms with Crippen molar-refractivity contribution in [3.8, 4) is 0 Å². The first-order chi connectivity index (χ1) is 8.38. The Balaban J connectivity index is 2.97. The van der Waals surface area contributed by atoms with Gasteiger partial charge >= 0.3 is 6.09 Å². The van der Waals surface area contributed by atoms with Crippen LogP contribution in [0.4, 0.5) is 4.79 Å². The van der Waals surface area contributed by atoms with Gasteiger partial charge in [-0.05, 0) is 11.6 Å². The molecule has 0 spiro atoms. The molecule has 0 saturated heterocycles. The Morgan fingerprint density at radius 3 is 2.44 bits per heavy atom. The Hall–Kier alpha value is -1.29. The molecule has 0 amide bonds. The van der Waals surface area contributed by atoms with Crippen LogP contribution >= 0.6 is 15.9 Å². The number of aromatic nitrogens is 1. The zero-order chi connectivity index (χ0) is 13.5. The lowest BCUT2D eigenvalue weighted by molar-refractivity contribution is 0.195. The molecule has 3 nitrogen and oxygen atoms in total. The van der Waals surface area contributed by atoms with Crippen molar-refractivity contribution in [3.05, 3.63) is 35.5 Å². The Morgan fingerprint density at radius 1 is 1.33 bits per heavy atom. The fourth-order valence-corrected chi connectivity index (χ4v) is 3.00. The second-order valence-electron chi connectivity index (χ2n) is 5.35. The van der Waals surface area contributed by atoms with Gasteiger partial charge in [-0.2, -0.15) is 0 Å². The van der Waals surface area contributed by atoms with Crippen LogP contribution in [0.25, 0.3) is 10.9 Å². The Morgan fingerprint density at radius 2 is 1.94 bits per heavy atom. The van der Waals surface area contributed by atoms with Crippen molar-refractivity contribution < 1.29 is 9.90 Å². The molecular formula is C14H16BrNO2. The molecule has 0 radical (unpaired) electrons. The lowest BCUT2D eigenvalue weighted by Gasteiger charge is -2.21. The van der Waals surface area contributed by atoms with E-state index in [1.54, 1.807) is 0 Å². The maximum absolute atomic E-state index is 11.6. The quantitative estimate of drug-likeness (QED) is 0.795. The fourth-order valence-electron chi connectivity index (χ4n) is 2.43. The van der Waals surface area contributed by atoms with Gasteiger partial charge in [0.15, 0.2) is 0 Å². The topological polar surface area (TPSA) is 42.2 Å². The number of rotatable bonds is 1. The normalized spacial score (nSPS) is 12.0. The van der Waals surface area contributed by atoms with Crippen molar-refractivity contribution in [2.45, 2.75) is 31.5 Å². The lowest BCUT2D eigenvalue weighted by atomic mass is 9.89. The summed E-state index contributed by atoms with van der Waals surface area (Å²) < 4.78 is 1.41. The molecule has 1 aromatic heterocycles. The van der Waals surface area contributed by atoms with Gasteiger partial charge in [-0.15, -0.1) is 0 Å². The number of carbonyl (C=O) groups is 1. The second kappa shape index (κ2) is 4.43. The van der Waals surface area contributed by atoms with E-state index in [2.05, 4.69) is 15.9 Å². The maximum Gasteiger partial charge on any atom is 0.416 e. The highest BCUT2D eigenvalue weighted by atomic mass is 79.9. The minimum atomic E-state index is -0.927. The molecule has 1 N–H and O–H groups in total. The van der Waals surface area contributed by atoms with Gasteiger partial charge in [0.1, 0.15) is 0 Å². The number of halogens is 1. The molecule has 1 aromatic carbocycles. The van der Waals surface area contributed by atoms with Gasteiger partial charge in [0, 0.05) is 21.8 Å². The first-order valence-electron chi connectivity index (χ1n) is 5.80. The van der Waals surface area contributed by atoms with E-state index in [4.69, 9.17) is 0 Å². The molecule has 2 rings (SSSR count). The Kier molecular flexibility index (Phi) is 3.23. The summed E-state index contributed by atoms with van der Waals surface area (Å²) >= 11 is 3.48. The standard InChI is InChI=1S/C14H16BrNO2/c1-14(2,3)12-10(8-15)9-6-4-5-7-11(9)16(12)13(17)18/h4-7H,8H2,1-3H3,(H,17,18). The number of carboxylic acid groups (broad SMARTS) is 1. The van der Waals surface area contributed by atoms with Crippen LogP contribution < -0.4 is 0 Å². The number of nitrogens with zero attached hydrogens (tertiary/aromatic N) is 1. The molecule has 2 aromatic rings. The van der Waals surface area contributed by atoms with E-state index in [1.807, 2.05) is 45.0 Å². The zero-order valence-electron chi connectivity index (χ0n) is 10.7. The molecule has 0 aliphatic carbocycles. The van der Waals surface area contributed by atoms with Gasteiger partial charge in [-0.25, -0.2) is 9.36 Å². The predicted octanol–water partition coefficient (Wildman–Crippen LogP) is 4.36. The SMILES string of the molecule is CC(C)(C)c1c(CBr)c2ccccc2n1C(=O)O. The van der Waals surface area contributed by atoms with Gasteiger partial charge in [0.25, 0.3) is 0 Å². The van der Waals surface area contributed by atoms with Gasteiger partial charge in [-0.3, -0.25) is 0 Å². The number of hydrogen-bond donors (Lipinski definition) is 1. The van der Waals surface area contributed by atoms with E-state index in [1.165, 1.54) is 4.57 Å². The molecule has 0 atom stereocenters. The summed E-state index contributed by atoms with van der Waals surface area (Å²) in [5, 5.41) is 11.1. The summed E-state index contributed by atoms with van der Waals surface area (Å²) in [6.45, 7) is 6.10. The van der Waals surface area contributed by atoms with Gasteiger partial charge in [0.05, 0.1) is 5.52 Å². The molecule has 4 heteroatoms. The monoisotopic (exact) mass is 309 g/mol. The van der Waals surface area contributed by atoms with Gasteiger partial charge in [-0.1, -0.05) is 54.9 Å². The van der Waals surface area contributed by atoms with Crippen molar-refractivity contribution in [3.63, 3.8) is 0 Å². The van der Waals surface area contributed by atoms with Crippen molar-refractivity contribution in [1.82, 2.24) is 4.57 Å².